The predicted molar refractivity (Wildman–Crippen MR) is 118 cm³/mol. The van der Waals surface area contributed by atoms with E-state index in [4.69, 9.17) is 0 Å². The number of aromatic nitrogens is 2. The number of amides is 1. The van der Waals surface area contributed by atoms with Gasteiger partial charge in [0.25, 0.3) is 5.56 Å². The number of fused-ring (bicyclic) bond motifs is 1. The van der Waals surface area contributed by atoms with Gasteiger partial charge in [-0.05, 0) is 42.7 Å². The largest absolute Gasteiger partial charge is 0.326 e. The Bertz CT molecular complexity index is 1220. The number of hydrogen-bond donors (Lipinski definition) is 1. The molecule has 2 aromatic carbocycles. The summed E-state index contributed by atoms with van der Waals surface area (Å²) in [6.07, 6.45) is 1.73. The molecule has 5 nitrogen and oxygen atoms in total. The molecule has 0 aliphatic rings. The van der Waals surface area contributed by atoms with Gasteiger partial charge < -0.3 is 5.32 Å². The third-order valence-electron chi connectivity index (χ3n) is 5.01. The Balaban J connectivity index is 1.42. The second-order valence-corrected chi connectivity index (χ2v) is 8.15. The van der Waals surface area contributed by atoms with E-state index in [0.717, 1.165) is 32.1 Å². The molecule has 0 saturated carbocycles. The van der Waals surface area contributed by atoms with Gasteiger partial charge >= 0.3 is 0 Å². The molecule has 4 rings (SSSR count). The van der Waals surface area contributed by atoms with Crippen LogP contribution in [0.2, 0.25) is 0 Å². The van der Waals surface area contributed by atoms with Crippen LogP contribution in [0.15, 0.2) is 65.7 Å². The Morgan fingerprint density at radius 3 is 2.45 bits per heavy atom. The molecule has 0 atom stereocenters. The monoisotopic (exact) mass is 403 g/mol. The summed E-state index contributed by atoms with van der Waals surface area (Å²) in [4.78, 5) is 31.3. The summed E-state index contributed by atoms with van der Waals surface area (Å²) in [7, 11) is 0. The third kappa shape index (κ3) is 3.98. The highest BCUT2D eigenvalue weighted by molar-refractivity contribution is 7.18. The van der Waals surface area contributed by atoms with E-state index in [1.165, 1.54) is 22.2 Å². The van der Waals surface area contributed by atoms with Crippen molar-refractivity contribution >= 4 is 33.1 Å². The number of carbonyl (C=O) groups excluding carboxylic acids is 1. The van der Waals surface area contributed by atoms with Gasteiger partial charge in [0.15, 0.2) is 0 Å². The Morgan fingerprint density at radius 2 is 1.72 bits per heavy atom. The zero-order chi connectivity index (χ0) is 20.4. The van der Waals surface area contributed by atoms with Crippen LogP contribution < -0.4 is 10.9 Å². The number of nitrogens with one attached hydrogen (secondary N) is 1. The quantitative estimate of drug-likeness (QED) is 0.522. The van der Waals surface area contributed by atoms with Crippen molar-refractivity contribution in [3.63, 3.8) is 0 Å². The second kappa shape index (κ2) is 8.01. The minimum absolute atomic E-state index is 0.0862. The minimum Gasteiger partial charge on any atom is -0.326 e. The second-order valence-electron chi connectivity index (χ2n) is 6.95. The number of carbonyl (C=O) groups is 1. The molecular weight excluding hydrogens is 382 g/mol. The summed E-state index contributed by atoms with van der Waals surface area (Å²) in [6, 6.07) is 17.8. The average molecular weight is 404 g/mol. The van der Waals surface area contributed by atoms with Gasteiger partial charge in [-0.2, -0.15) is 0 Å². The molecule has 0 aliphatic carbocycles. The minimum atomic E-state index is -0.136. The van der Waals surface area contributed by atoms with Crippen LogP contribution in [0.3, 0.4) is 0 Å². The van der Waals surface area contributed by atoms with Crippen molar-refractivity contribution in [1.82, 2.24) is 9.55 Å². The number of hydrogen-bond acceptors (Lipinski definition) is 4. The SMILES string of the molecule is Cc1sc2ncn(CCC(=O)Nc3ccc(-c4ccccc4)cc3)c(=O)c2c1C. The van der Waals surface area contributed by atoms with Crippen molar-refractivity contribution in [1.29, 1.82) is 0 Å². The molecule has 29 heavy (non-hydrogen) atoms. The Morgan fingerprint density at radius 1 is 1.03 bits per heavy atom. The van der Waals surface area contributed by atoms with Gasteiger partial charge in [0, 0.05) is 23.5 Å². The fourth-order valence-corrected chi connectivity index (χ4v) is 4.24. The van der Waals surface area contributed by atoms with E-state index < -0.39 is 0 Å². The topological polar surface area (TPSA) is 64.0 Å². The van der Waals surface area contributed by atoms with Gasteiger partial charge in [0.2, 0.25) is 5.91 Å². The summed E-state index contributed by atoms with van der Waals surface area (Å²) in [6.45, 7) is 4.22. The first kappa shape index (κ1) is 19.1. The first-order chi connectivity index (χ1) is 14.0. The van der Waals surface area contributed by atoms with Gasteiger partial charge in [0.05, 0.1) is 11.7 Å². The number of thiophene rings is 1. The number of nitrogens with zero attached hydrogens (tertiary/aromatic N) is 2. The molecular formula is C23H21N3O2S. The highest BCUT2D eigenvalue weighted by Gasteiger charge is 2.13. The van der Waals surface area contributed by atoms with Crippen molar-refractivity contribution in [2.45, 2.75) is 26.8 Å². The summed E-state index contributed by atoms with van der Waals surface area (Å²) >= 11 is 1.52. The van der Waals surface area contributed by atoms with E-state index in [0.29, 0.717) is 11.9 Å². The molecule has 0 bridgehead atoms. The average Bonchev–Trinajstić information content (AvgIpc) is 3.03. The lowest BCUT2D eigenvalue weighted by Gasteiger charge is -2.08. The molecule has 0 spiro atoms. The summed E-state index contributed by atoms with van der Waals surface area (Å²) < 4.78 is 1.51. The molecule has 0 unspecified atom stereocenters. The molecule has 0 fully saturated rings. The van der Waals surface area contributed by atoms with Crippen molar-refractivity contribution in [2.24, 2.45) is 0 Å². The predicted octanol–water partition coefficient (Wildman–Crippen LogP) is 4.77. The fraction of sp³-hybridized carbons (Fsp3) is 0.174. The lowest BCUT2D eigenvalue weighted by molar-refractivity contribution is -0.116. The fourth-order valence-electron chi connectivity index (χ4n) is 3.25. The van der Waals surface area contributed by atoms with Crippen LogP contribution in [0, 0.1) is 13.8 Å². The molecule has 4 aromatic rings. The van der Waals surface area contributed by atoms with Crippen LogP contribution in [0.4, 0.5) is 5.69 Å². The van der Waals surface area contributed by atoms with Gasteiger partial charge in [0.1, 0.15) is 4.83 Å². The molecule has 2 heterocycles. The molecule has 1 amide bonds. The van der Waals surface area contributed by atoms with Gasteiger partial charge in [-0.1, -0.05) is 42.5 Å². The van der Waals surface area contributed by atoms with Crippen LogP contribution in [-0.2, 0) is 11.3 Å². The molecule has 146 valence electrons. The van der Waals surface area contributed by atoms with Gasteiger partial charge in [-0.15, -0.1) is 11.3 Å². The summed E-state index contributed by atoms with van der Waals surface area (Å²) in [5.74, 6) is -0.136. The van der Waals surface area contributed by atoms with Crippen LogP contribution in [0.1, 0.15) is 16.9 Å². The highest BCUT2D eigenvalue weighted by atomic mass is 32.1. The molecule has 6 heteroatoms. The smallest absolute Gasteiger partial charge is 0.262 e. The summed E-state index contributed by atoms with van der Waals surface area (Å²) in [5.41, 5.74) is 3.85. The standard InChI is InChI=1S/C23H21N3O2S/c1-15-16(2)29-22-21(15)23(28)26(14-24-22)13-12-20(27)25-19-10-8-18(9-11-19)17-6-4-3-5-7-17/h3-11,14H,12-13H2,1-2H3,(H,25,27). The maximum atomic E-state index is 12.7. The molecule has 2 aromatic heterocycles. The zero-order valence-electron chi connectivity index (χ0n) is 16.3. The normalized spacial score (nSPS) is 11.0. The van der Waals surface area contributed by atoms with E-state index in [-0.39, 0.29) is 17.9 Å². The van der Waals surface area contributed by atoms with Crippen molar-refractivity contribution in [3.05, 3.63) is 81.7 Å². The van der Waals surface area contributed by atoms with E-state index in [1.807, 2.05) is 68.4 Å². The Labute approximate surface area is 172 Å². The molecule has 1 N–H and O–H groups in total. The number of anilines is 1. The van der Waals surface area contributed by atoms with Gasteiger partial charge in [-0.25, -0.2) is 4.98 Å². The molecule has 0 radical (unpaired) electrons. The van der Waals surface area contributed by atoms with E-state index in [2.05, 4.69) is 10.3 Å². The highest BCUT2D eigenvalue weighted by Crippen LogP contribution is 2.25. The number of rotatable bonds is 5. The summed E-state index contributed by atoms with van der Waals surface area (Å²) in [5, 5.41) is 3.55. The zero-order valence-corrected chi connectivity index (χ0v) is 17.1. The van der Waals surface area contributed by atoms with E-state index >= 15 is 0 Å². The Kier molecular flexibility index (Phi) is 5.27. The maximum Gasteiger partial charge on any atom is 0.262 e. The first-order valence-electron chi connectivity index (χ1n) is 9.43. The number of benzene rings is 2. The van der Waals surface area contributed by atoms with Crippen LogP contribution >= 0.6 is 11.3 Å². The van der Waals surface area contributed by atoms with Crippen molar-refractivity contribution < 1.29 is 4.79 Å². The maximum absolute atomic E-state index is 12.7. The first-order valence-corrected chi connectivity index (χ1v) is 10.2. The van der Waals surface area contributed by atoms with Crippen LogP contribution in [-0.4, -0.2) is 15.5 Å². The lowest BCUT2D eigenvalue weighted by atomic mass is 10.1. The number of aryl methyl sites for hydroxylation is 3. The van der Waals surface area contributed by atoms with Gasteiger partial charge in [-0.3, -0.25) is 14.2 Å². The third-order valence-corrected chi connectivity index (χ3v) is 6.13. The van der Waals surface area contributed by atoms with E-state index in [9.17, 15) is 9.59 Å². The van der Waals surface area contributed by atoms with Crippen molar-refractivity contribution in [2.75, 3.05) is 5.32 Å². The van der Waals surface area contributed by atoms with Crippen LogP contribution in [0.25, 0.3) is 21.3 Å². The van der Waals surface area contributed by atoms with E-state index in [1.54, 1.807) is 0 Å². The lowest BCUT2D eigenvalue weighted by Crippen LogP contribution is -2.23. The Hall–Kier alpha value is -3.25. The molecule has 0 saturated heterocycles. The van der Waals surface area contributed by atoms with Crippen LogP contribution in [0.5, 0.6) is 0 Å². The van der Waals surface area contributed by atoms with Crippen molar-refractivity contribution in [3.8, 4) is 11.1 Å². The molecule has 0 aliphatic heterocycles.